The number of benzene rings is 5. The van der Waals surface area contributed by atoms with Crippen molar-refractivity contribution >= 4 is 29.6 Å². The van der Waals surface area contributed by atoms with Crippen LogP contribution < -0.4 is 10.4 Å². The second-order valence-corrected chi connectivity index (χ2v) is 10.1. The van der Waals surface area contributed by atoms with Crippen LogP contribution in [0.1, 0.15) is 25.0 Å². The zero-order valence-electron chi connectivity index (χ0n) is 21.0. The fourth-order valence-corrected chi connectivity index (χ4v) is 5.69. The number of fused-ring (bicyclic) bond motifs is 3. The number of para-hydroxylation sites is 1. The van der Waals surface area contributed by atoms with E-state index in [9.17, 15) is 10.0 Å². The summed E-state index contributed by atoms with van der Waals surface area (Å²) in [7, 11) is -1.60. The fraction of sp³-hybridized carbons (Fsp3) is 0.0909. The van der Waals surface area contributed by atoms with Crippen molar-refractivity contribution in [1.29, 1.82) is 0 Å². The van der Waals surface area contributed by atoms with Gasteiger partial charge < -0.3 is 14.9 Å². The highest BCUT2D eigenvalue weighted by Gasteiger charge is 2.38. The molecule has 0 aromatic heterocycles. The lowest BCUT2D eigenvalue weighted by Crippen LogP contribution is -2.34. The first-order chi connectivity index (χ1) is 18.0. The molecule has 0 radical (unpaired) electrons. The van der Waals surface area contributed by atoms with Crippen molar-refractivity contribution in [2.75, 3.05) is 4.90 Å². The van der Waals surface area contributed by atoms with E-state index in [1.54, 1.807) is 6.07 Å². The molecule has 0 heterocycles. The first kappa shape index (κ1) is 23.3. The molecule has 0 amide bonds. The maximum absolute atomic E-state index is 10.3. The van der Waals surface area contributed by atoms with Crippen molar-refractivity contribution in [3.8, 4) is 22.3 Å². The SMILES string of the molecule is CC1(C)c2ccccc2-c2c(N(c3cccc(-c4ccccc4)c3)c3ccccc3B(O)O)cccc21. The lowest BCUT2D eigenvalue weighted by molar-refractivity contribution is 0.426. The van der Waals surface area contributed by atoms with Crippen molar-refractivity contribution in [3.63, 3.8) is 0 Å². The Morgan fingerprint density at radius 3 is 2.03 bits per heavy atom. The van der Waals surface area contributed by atoms with E-state index in [1.807, 2.05) is 36.4 Å². The number of hydrogen-bond acceptors (Lipinski definition) is 3. The van der Waals surface area contributed by atoms with Gasteiger partial charge in [-0.05, 0) is 52.1 Å². The Labute approximate surface area is 218 Å². The van der Waals surface area contributed by atoms with Gasteiger partial charge in [-0.1, -0.05) is 111 Å². The second kappa shape index (κ2) is 9.08. The van der Waals surface area contributed by atoms with Crippen LogP contribution in [0.2, 0.25) is 0 Å². The molecular weight excluding hydrogens is 453 g/mol. The van der Waals surface area contributed by atoms with E-state index in [1.165, 1.54) is 22.3 Å². The minimum absolute atomic E-state index is 0.143. The van der Waals surface area contributed by atoms with E-state index in [4.69, 9.17) is 0 Å². The molecule has 0 bridgehead atoms. The molecule has 6 rings (SSSR count). The molecule has 3 nitrogen and oxygen atoms in total. The van der Waals surface area contributed by atoms with Gasteiger partial charge in [0.2, 0.25) is 0 Å². The summed E-state index contributed by atoms with van der Waals surface area (Å²) < 4.78 is 0. The van der Waals surface area contributed by atoms with E-state index in [-0.39, 0.29) is 5.41 Å². The van der Waals surface area contributed by atoms with Crippen LogP contribution in [0.15, 0.2) is 121 Å². The van der Waals surface area contributed by atoms with Crippen LogP contribution in [0.5, 0.6) is 0 Å². The summed E-state index contributed by atoms with van der Waals surface area (Å²) in [5, 5.41) is 20.7. The van der Waals surface area contributed by atoms with Crippen molar-refractivity contribution in [3.05, 3.63) is 132 Å². The van der Waals surface area contributed by atoms with Crippen LogP contribution in [-0.2, 0) is 5.41 Å². The molecule has 0 fully saturated rings. The highest BCUT2D eigenvalue weighted by Crippen LogP contribution is 2.54. The van der Waals surface area contributed by atoms with Gasteiger partial charge in [0.25, 0.3) is 0 Å². The third kappa shape index (κ3) is 3.86. The average molecular weight is 481 g/mol. The summed E-state index contributed by atoms with van der Waals surface area (Å²) in [4.78, 5) is 2.16. The van der Waals surface area contributed by atoms with E-state index >= 15 is 0 Å². The van der Waals surface area contributed by atoms with Gasteiger partial charge >= 0.3 is 7.12 Å². The molecule has 5 aromatic carbocycles. The maximum Gasteiger partial charge on any atom is 0.490 e. The minimum Gasteiger partial charge on any atom is -0.423 e. The molecule has 0 saturated carbocycles. The molecule has 1 aliphatic rings. The van der Waals surface area contributed by atoms with Gasteiger partial charge in [-0.15, -0.1) is 0 Å². The predicted molar refractivity (Wildman–Crippen MR) is 154 cm³/mol. The topological polar surface area (TPSA) is 43.7 Å². The zero-order chi connectivity index (χ0) is 25.6. The van der Waals surface area contributed by atoms with Crippen LogP contribution >= 0.6 is 0 Å². The Morgan fingerprint density at radius 1 is 0.595 bits per heavy atom. The molecule has 0 aliphatic heterocycles. The Balaban J connectivity index is 1.65. The summed E-state index contributed by atoms with van der Waals surface area (Å²) in [6.45, 7) is 4.54. The Hall–Kier alpha value is -4.12. The van der Waals surface area contributed by atoms with Crippen LogP contribution in [-0.4, -0.2) is 17.2 Å². The van der Waals surface area contributed by atoms with Gasteiger partial charge in [-0.25, -0.2) is 0 Å². The molecular formula is C33H28BNO2. The van der Waals surface area contributed by atoms with Gasteiger partial charge in [-0.2, -0.15) is 0 Å². The monoisotopic (exact) mass is 481 g/mol. The molecule has 0 unspecified atom stereocenters. The Morgan fingerprint density at radius 2 is 1.22 bits per heavy atom. The molecule has 0 spiro atoms. The summed E-state index contributed by atoms with van der Waals surface area (Å²) in [6.07, 6.45) is 0. The highest BCUT2D eigenvalue weighted by atomic mass is 16.4. The van der Waals surface area contributed by atoms with E-state index in [0.29, 0.717) is 5.46 Å². The summed E-state index contributed by atoms with van der Waals surface area (Å²) in [6, 6.07) is 41.3. The maximum atomic E-state index is 10.3. The second-order valence-electron chi connectivity index (χ2n) is 10.1. The third-order valence-corrected chi connectivity index (χ3v) is 7.49. The molecule has 0 atom stereocenters. The van der Waals surface area contributed by atoms with Crippen LogP contribution in [0.3, 0.4) is 0 Å². The molecule has 1 aliphatic carbocycles. The number of rotatable bonds is 5. The minimum atomic E-state index is -1.60. The largest absolute Gasteiger partial charge is 0.490 e. The molecule has 4 heteroatoms. The number of anilines is 3. The average Bonchev–Trinajstić information content (AvgIpc) is 3.17. The molecule has 5 aromatic rings. The summed E-state index contributed by atoms with van der Waals surface area (Å²) in [5.74, 6) is 0. The molecule has 37 heavy (non-hydrogen) atoms. The Bertz CT molecular complexity index is 1590. The number of nitrogens with zero attached hydrogens (tertiary/aromatic N) is 1. The van der Waals surface area contributed by atoms with Gasteiger partial charge in [-0.3, -0.25) is 0 Å². The lowest BCUT2D eigenvalue weighted by atomic mass is 9.78. The van der Waals surface area contributed by atoms with Crippen molar-refractivity contribution in [2.24, 2.45) is 0 Å². The molecule has 0 saturated heterocycles. The first-order valence-electron chi connectivity index (χ1n) is 12.6. The molecule has 2 N–H and O–H groups in total. The van der Waals surface area contributed by atoms with Crippen LogP contribution in [0, 0.1) is 0 Å². The zero-order valence-corrected chi connectivity index (χ0v) is 21.0. The normalized spacial score (nSPS) is 13.1. The van der Waals surface area contributed by atoms with E-state index < -0.39 is 7.12 Å². The quantitative estimate of drug-likeness (QED) is 0.271. The Kier molecular flexibility index (Phi) is 5.71. The fourth-order valence-electron chi connectivity index (χ4n) is 5.69. The van der Waals surface area contributed by atoms with Gasteiger partial charge in [0, 0.05) is 27.8 Å². The standard InChI is InChI=1S/C33H28BNO2/c1-33(2)27-17-7-6-16-26(27)32-28(33)18-11-21-31(32)35(30-20-9-8-19-29(30)34(36)37)25-15-10-14-24(22-25)23-12-4-3-5-13-23/h3-22,36-37H,1-2H3. The van der Waals surface area contributed by atoms with E-state index in [0.717, 1.165) is 28.2 Å². The van der Waals surface area contributed by atoms with Gasteiger partial charge in [0.15, 0.2) is 0 Å². The van der Waals surface area contributed by atoms with E-state index in [2.05, 4.69) is 97.6 Å². The van der Waals surface area contributed by atoms with Crippen molar-refractivity contribution in [1.82, 2.24) is 0 Å². The number of hydrogen-bond donors (Lipinski definition) is 2. The van der Waals surface area contributed by atoms with Crippen molar-refractivity contribution in [2.45, 2.75) is 19.3 Å². The summed E-state index contributed by atoms with van der Waals surface area (Å²) >= 11 is 0. The first-order valence-corrected chi connectivity index (χ1v) is 12.6. The lowest BCUT2D eigenvalue weighted by Gasteiger charge is -2.30. The van der Waals surface area contributed by atoms with Crippen LogP contribution in [0.4, 0.5) is 17.1 Å². The highest BCUT2D eigenvalue weighted by molar-refractivity contribution is 6.60. The predicted octanol–water partition coefficient (Wildman–Crippen LogP) is 6.81. The van der Waals surface area contributed by atoms with Crippen LogP contribution in [0.25, 0.3) is 22.3 Å². The smallest absolute Gasteiger partial charge is 0.423 e. The summed E-state index contributed by atoms with van der Waals surface area (Å²) in [5.41, 5.74) is 10.2. The van der Waals surface area contributed by atoms with Gasteiger partial charge in [0.1, 0.15) is 0 Å². The molecule has 180 valence electrons. The van der Waals surface area contributed by atoms with Gasteiger partial charge in [0.05, 0.1) is 5.69 Å². The van der Waals surface area contributed by atoms with Crippen molar-refractivity contribution < 1.29 is 10.0 Å². The third-order valence-electron chi connectivity index (χ3n) is 7.49.